The van der Waals surface area contributed by atoms with Crippen LogP contribution in [0, 0.1) is 0 Å². The lowest BCUT2D eigenvalue weighted by Gasteiger charge is -2.16. The minimum atomic E-state index is 0.940. The Bertz CT molecular complexity index is 1860. The Morgan fingerprint density at radius 3 is 2.03 bits per heavy atom. The third kappa shape index (κ3) is 3.71. The molecular formula is C35H24N2. The highest BCUT2D eigenvalue weighted by atomic mass is 15.1. The normalized spacial score (nSPS) is 11.2. The molecule has 0 saturated heterocycles. The van der Waals surface area contributed by atoms with Crippen molar-refractivity contribution in [2.45, 2.75) is 0 Å². The summed E-state index contributed by atoms with van der Waals surface area (Å²) in [5, 5.41) is 2.46. The highest BCUT2D eigenvalue weighted by molar-refractivity contribution is 6.01. The maximum atomic E-state index is 5.19. The zero-order valence-corrected chi connectivity index (χ0v) is 20.3. The van der Waals surface area contributed by atoms with E-state index in [-0.39, 0.29) is 0 Å². The summed E-state index contributed by atoms with van der Waals surface area (Å²) in [6, 6.07) is 51.4. The number of hydrogen-bond acceptors (Lipinski definition) is 1. The summed E-state index contributed by atoms with van der Waals surface area (Å²) in [4.78, 5) is 5.19. The molecule has 6 aromatic carbocycles. The fourth-order valence-corrected chi connectivity index (χ4v) is 5.28. The summed E-state index contributed by atoms with van der Waals surface area (Å²) >= 11 is 0. The molecular weight excluding hydrogens is 448 g/mol. The first-order valence-electron chi connectivity index (χ1n) is 12.6. The van der Waals surface area contributed by atoms with E-state index in [4.69, 9.17) is 4.98 Å². The lowest BCUT2D eigenvalue weighted by Crippen LogP contribution is -1.99. The van der Waals surface area contributed by atoms with Crippen LogP contribution in [0.5, 0.6) is 0 Å². The first-order valence-corrected chi connectivity index (χ1v) is 12.6. The second-order valence-electron chi connectivity index (χ2n) is 9.25. The number of rotatable bonds is 4. The minimum Gasteiger partial charge on any atom is -0.292 e. The molecule has 7 aromatic rings. The van der Waals surface area contributed by atoms with Gasteiger partial charge < -0.3 is 0 Å². The number of hydrogen-bond donors (Lipinski definition) is 0. The highest BCUT2D eigenvalue weighted by Crippen LogP contribution is 2.40. The molecule has 174 valence electrons. The van der Waals surface area contributed by atoms with E-state index in [1.54, 1.807) is 0 Å². The number of aromatic nitrogens is 2. The van der Waals surface area contributed by atoms with Crippen LogP contribution in [0.3, 0.4) is 0 Å². The van der Waals surface area contributed by atoms with Gasteiger partial charge in [-0.2, -0.15) is 0 Å². The smallest absolute Gasteiger partial charge is 0.146 e. The Morgan fingerprint density at radius 2 is 1.16 bits per heavy atom. The lowest BCUT2D eigenvalue weighted by molar-refractivity contribution is 1.10. The molecule has 2 heteroatoms. The van der Waals surface area contributed by atoms with Crippen LogP contribution >= 0.6 is 0 Å². The summed E-state index contributed by atoms with van der Waals surface area (Å²) in [7, 11) is 0. The average Bonchev–Trinajstić information content (AvgIpc) is 3.37. The minimum absolute atomic E-state index is 0.940. The van der Waals surface area contributed by atoms with E-state index in [9.17, 15) is 0 Å². The largest absolute Gasteiger partial charge is 0.292 e. The summed E-state index contributed by atoms with van der Waals surface area (Å²) in [6.45, 7) is 0. The zero-order chi connectivity index (χ0) is 24.6. The molecule has 1 aromatic heterocycles. The molecule has 0 aliphatic carbocycles. The molecule has 1 heterocycles. The van der Waals surface area contributed by atoms with Crippen molar-refractivity contribution in [3.05, 3.63) is 146 Å². The van der Waals surface area contributed by atoms with Crippen LogP contribution in [0.15, 0.2) is 146 Å². The maximum Gasteiger partial charge on any atom is 0.146 e. The highest BCUT2D eigenvalue weighted by Gasteiger charge is 2.19. The first-order chi connectivity index (χ1) is 18.4. The van der Waals surface area contributed by atoms with Gasteiger partial charge in [-0.1, -0.05) is 109 Å². The van der Waals surface area contributed by atoms with Crippen molar-refractivity contribution in [3.63, 3.8) is 0 Å². The molecule has 0 bridgehead atoms. The Labute approximate surface area is 216 Å². The van der Waals surface area contributed by atoms with E-state index in [2.05, 4.69) is 150 Å². The average molecular weight is 473 g/mol. The number of benzene rings is 6. The molecule has 0 unspecified atom stereocenters. The molecule has 0 aliphatic heterocycles. The second-order valence-corrected chi connectivity index (χ2v) is 9.25. The number of nitrogens with zero attached hydrogens (tertiary/aromatic N) is 2. The summed E-state index contributed by atoms with van der Waals surface area (Å²) < 4.78 is 2.28. The van der Waals surface area contributed by atoms with E-state index in [0.29, 0.717) is 0 Å². The first kappa shape index (κ1) is 21.3. The topological polar surface area (TPSA) is 17.8 Å². The van der Waals surface area contributed by atoms with E-state index in [0.717, 1.165) is 28.1 Å². The monoisotopic (exact) mass is 472 g/mol. The van der Waals surface area contributed by atoms with Gasteiger partial charge in [0.2, 0.25) is 0 Å². The fourth-order valence-electron chi connectivity index (χ4n) is 5.28. The van der Waals surface area contributed by atoms with Crippen LogP contribution in [0.25, 0.3) is 61.1 Å². The van der Waals surface area contributed by atoms with Gasteiger partial charge in [-0.05, 0) is 69.4 Å². The Kier molecular flexibility index (Phi) is 5.15. The molecule has 0 radical (unpaired) electrons. The quantitative estimate of drug-likeness (QED) is 0.250. The van der Waals surface area contributed by atoms with Crippen LogP contribution in [-0.4, -0.2) is 9.55 Å². The number of imidazole rings is 1. The predicted molar refractivity (Wildman–Crippen MR) is 155 cm³/mol. The molecule has 0 atom stereocenters. The van der Waals surface area contributed by atoms with Gasteiger partial charge in [0, 0.05) is 11.3 Å². The van der Waals surface area contributed by atoms with Crippen molar-refractivity contribution in [1.82, 2.24) is 9.55 Å². The summed E-state index contributed by atoms with van der Waals surface area (Å²) in [6.07, 6.45) is 0. The zero-order valence-electron chi connectivity index (χ0n) is 20.3. The Balaban J connectivity index is 1.57. The van der Waals surface area contributed by atoms with Crippen molar-refractivity contribution in [1.29, 1.82) is 0 Å². The third-order valence-corrected chi connectivity index (χ3v) is 7.02. The maximum absolute atomic E-state index is 5.19. The van der Waals surface area contributed by atoms with Crippen LogP contribution in [-0.2, 0) is 0 Å². The van der Waals surface area contributed by atoms with Gasteiger partial charge in [-0.25, -0.2) is 4.98 Å². The SMILES string of the molecule is c1ccc(-c2ccc(-c3nc4ccccc4n3-c3ccccc3)c(-c3cccc4ccccc34)c2)cc1. The van der Waals surface area contributed by atoms with Gasteiger partial charge in [0.15, 0.2) is 0 Å². The fraction of sp³-hybridized carbons (Fsp3) is 0. The third-order valence-electron chi connectivity index (χ3n) is 7.02. The molecule has 0 saturated carbocycles. The molecule has 0 fully saturated rings. The van der Waals surface area contributed by atoms with Crippen LogP contribution in [0.1, 0.15) is 0 Å². The van der Waals surface area contributed by atoms with Crippen LogP contribution < -0.4 is 0 Å². The van der Waals surface area contributed by atoms with Crippen molar-refractivity contribution in [3.8, 4) is 39.3 Å². The standard InChI is InChI=1S/C35H24N2/c1-3-12-25(13-4-1)27-22-23-31(32(24-27)30-19-11-15-26-14-7-8-18-29(26)30)35-36-33-20-9-10-21-34(33)37(35)28-16-5-2-6-17-28/h1-24H. The lowest BCUT2D eigenvalue weighted by atomic mass is 9.91. The van der Waals surface area contributed by atoms with E-state index >= 15 is 0 Å². The van der Waals surface area contributed by atoms with Gasteiger partial charge in [-0.3, -0.25) is 4.57 Å². The molecule has 0 N–H and O–H groups in total. The Hall–Kier alpha value is -4.95. The van der Waals surface area contributed by atoms with Gasteiger partial charge in [-0.15, -0.1) is 0 Å². The van der Waals surface area contributed by atoms with Gasteiger partial charge in [0.1, 0.15) is 5.82 Å². The van der Waals surface area contributed by atoms with Crippen molar-refractivity contribution in [2.75, 3.05) is 0 Å². The second kappa shape index (κ2) is 8.92. The molecule has 0 spiro atoms. The van der Waals surface area contributed by atoms with Gasteiger partial charge in [0.05, 0.1) is 11.0 Å². The van der Waals surface area contributed by atoms with E-state index in [1.807, 2.05) is 0 Å². The summed E-state index contributed by atoms with van der Waals surface area (Å²) in [5.41, 5.74) is 9.06. The van der Waals surface area contributed by atoms with Gasteiger partial charge in [0.25, 0.3) is 0 Å². The van der Waals surface area contributed by atoms with Crippen molar-refractivity contribution < 1.29 is 0 Å². The van der Waals surface area contributed by atoms with Gasteiger partial charge >= 0.3 is 0 Å². The van der Waals surface area contributed by atoms with Crippen LogP contribution in [0.4, 0.5) is 0 Å². The van der Waals surface area contributed by atoms with E-state index < -0.39 is 0 Å². The number of fused-ring (bicyclic) bond motifs is 2. The van der Waals surface area contributed by atoms with Crippen LogP contribution in [0.2, 0.25) is 0 Å². The van der Waals surface area contributed by atoms with E-state index in [1.165, 1.54) is 33.0 Å². The molecule has 7 rings (SSSR count). The molecule has 2 nitrogen and oxygen atoms in total. The van der Waals surface area contributed by atoms with Crippen molar-refractivity contribution >= 4 is 21.8 Å². The Morgan fingerprint density at radius 1 is 0.459 bits per heavy atom. The number of para-hydroxylation sites is 3. The molecule has 37 heavy (non-hydrogen) atoms. The van der Waals surface area contributed by atoms with Crippen molar-refractivity contribution in [2.24, 2.45) is 0 Å². The molecule has 0 amide bonds. The molecule has 0 aliphatic rings. The summed E-state index contributed by atoms with van der Waals surface area (Å²) in [5.74, 6) is 0.940. The predicted octanol–water partition coefficient (Wildman–Crippen LogP) is 9.18.